The zero-order chi connectivity index (χ0) is 17.7. The number of rotatable bonds is 11. The summed E-state index contributed by atoms with van der Waals surface area (Å²) < 4.78 is 6.14. The molecule has 0 amide bonds. The largest absolute Gasteiger partial charge is 0.374 e. The maximum absolute atomic E-state index is 6.14. The Bertz CT molecular complexity index is 332. The number of hydrogen-bond donors (Lipinski definition) is 0. The maximum atomic E-state index is 6.14. The second kappa shape index (κ2) is 13.0. The van der Waals surface area contributed by atoms with Crippen molar-refractivity contribution in [2.24, 2.45) is 17.8 Å². The van der Waals surface area contributed by atoms with Gasteiger partial charge in [-0.2, -0.15) is 0 Å². The topological polar surface area (TPSA) is 9.23 Å². The van der Waals surface area contributed by atoms with Gasteiger partial charge in [0.1, 0.15) is 0 Å². The summed E-state index contributed by atoms with van der Waals surface area (Å²) in [7, 11) is 0. The molecule has 0 radical (unpaired) electrons. The molecule has 0 atom stereocenters. The van der Waals surface area contributed by atoms with Crippen LogP contribution in [0.2, 0.25) is 0 Å². The fourth-order valence-corrected chi connectivity index (χ4v) is 4.87. The number of unbranched alkanes of at least 4 members (excludes halogenated alkanes) is 3. The normalized spacial score (nSPS) is 30.8. The van der Waals surface area contributed by atoms with Crippen LogP contribution in [0, 0.1) is 17.8 Å². The second-order valence-corrected chi connectivity index (χ2v) is 8.82. The van der Waals surface area contributed by atoms with Gasteiger partial charge in [-0.05, 0) is 69.1 Å². The first-order valence-corrected chi connectivity index (χ1v) is 11.6. The molecule has 0 spiro atoms. The molecule has 0 heterocycles. The highest BCUT2D eigenvalue weighted by atomic mass is 16.5. The molecular formula is C24H44O. The summed E-state index contributed by atoms with van der Waals surface area (Å²) in [5, 5.41) is 0. The van der Waals surface area contributed by atoms with E-state index in [0.29, 0.717) is 6.10 Å². The van der Waals surface area contributed by atoms with Crippen molar-refractivity contribution in [3.8, 4) is 0 Å². The quantitative estimate of drug-likeness (QED) is 0.274. The van der Waals surface area contributed by atoms with Crippen LogP contribution in [0.15, 0.2) is 12.2 Å². The molecule has 1 nitrogen and oxygen atoms in total. The Morgan fingerprint density at radius 2 is 1.32 bits per heavy atom. The average Bonchev–Trinajstić information content (AvgIpc) is 2.66. The molecule has 2 aliphatic rings. The fraction of sp³-hybridized carbons (Fsp3) is 0.917. The number of hydrogen-bond acceptors (Lipinski definition) is 1. The van der Waals surface area contributed by atoms with Crippen molar-refractivity contribution in [1.29, 1.82) is 0 Å². The van der Waals surface area contributed by atoms with Crippen molar-refractivity contribution in [1.82, 2.24) is 0 Å². The molecule has 2 aliphatic carbocycles. The van der Waals surface area contributed by atoms with Crippen LogP contribution in [-0.4, -0.2) is 12.7 Å². The third-order valence-corrected chi connectivity index (χ3v) is 6.70. The minimum Gasteiger partial charge on any atom is -0.374 e. The summed E-state index contributed by atoms with van der Waals surface area (Å²) in [5.74, 6) is 2.84. The van der Waals surface area contributed by atoms with E-state index in [-0.39, 0.29) is 0 Å². The lowest BCUT2D eigenvalue weighted by Gasteiger charge is -2.28. The Morgan fingerprint density at radius 1 is 0.720 bits per heavy atom. The molecule has 0 aromatic rings. The molecule has 0 aromatic carbocycles. The van der Waals surface area contributed by atoms with Gasteiger partial charge >= 0.3 is 0 Å². The van der Waals surface area contributed by atoms with Gasteiger partial charge in [0.25, 0.3) is 0 Å². The molecule has 2 fully saturated rings. The van der Waals surface area contributed by atoms with Crippen molar-refractivity contribution < 1.29 is 4.74 Å². The second-order valence-electron chi connectivity index (χ2n) is 8.82. The third-order valence-electron chi connectivity index (χ3n) is 6.70. The van der Waals surface area contributed by atoms with E-state index >= 15 is 0 Å². The Balaban J connectivity index is 1.50. The zero-order valence-corrected chi connectivity index (χ0v) is 17.2. The molecule has 0 N–H and O–H groups in total. The Morgan fingerprint density at radius 3 is 1.96 bits per heavy atom. The molecule has 0 aliphatic heterocycles. The van der Waals surface area contributed by atoms with E-state index in [2.05, 4.69) is 26.0 Å². The summed E-state index contributed by atoms with van der Waals surface area (Å²) >= 11 is 0. The lowest BCUT2D eigenvalue weighted by Crippen LogP contribution is -2.21. The maximum Gasteiger partial charge on any atom is 0.0651 e. The van der Waals surface area contributed by atoms with Crippen LogP contribution in [0.25, 0.3) is 0 Å². The molecule has 0 unspecified atom stereocenters. The first-order chi connectivity index (χ1) is 12.3. The van der Waals surface area contributed by atoms with E-state index in [1.807, 2.05) is 0 Å². The van der Waals surface area contributed by atoms with Gasteiger partial charge < -0.3 is 4.74 Å². The Hall–Kier alpha value is -0.300. The van der Waals surface area contributed by atoms with E-state index in [1.54, 1.807) is 0 Å². The predicted octanol–water partition coefficient (Wildman–Crippen LogP) is 7.69. The molecule has 0 aromatic heterocycles. The van der Waals surface area contributed by atoms with Gasteiger partial charge in [0.05, 0.1) is 12.7 Å². The molecule has 2 saturated carbocycles. The first kappa shape index (κ1) is 21.0. The van der Waals surface area contributed by atoms with Gasteiger partial charge in [-0.1, -0.05) is 70.9 Å². The zero-order valence-electron chi connectivity index (χ0n) is 17.2. The van der Waals surface area contributed by atoms with Gasteiger partial charge in [0, 0.05) is 0 Å². The van der Waals surface area contributed by atoms with Crippen LogP contribution in [0.3, 0.4) is 0 Å². The highest BCUT2D eigenvalue weighted by molar-refractivity contribution is 4.91. The van der Waals surface area contributed by atoms with Crippen molar-refractivity contribution in [3.63, 3.8) is 0 Å². The number of allylic oxidation sites excluding steroid dienone is 1. The smallest absolute Gasteiger partial charge is 0.0651 e. The lowest BCUT2D eigenvalue weighted by atomic mass is 9.80. The van der Waals surface area contributed by atoms with Crippen LogP contribution in [-0.2, 0) is 4.74 Å². The van der Waals surface area contributed by atoms with E-state index in [9.17, 15) is 0 Å². The van der Waals surface area contributed by atoms with Gasteiger partial charge in [-0.15, -0.1) is 0 Å². The summed E-state index contributed by atoms with van der Waals surface area (Å²) in [5.41, 5.74) is 0. The van der Waals surface area contributed by atoms with Gasteiger partial charge in [0.2, 0.25) is 0 Å². The van der Waals surface area contributed by atoms with Gasteiger partial charge in [-0.25, -0.2) is 0 Å². The molecule has 0 bridgehead atoms. The van der Waals surface area contributed by atoms with Crippen LogP contribution in [0.4, 0.5) is 0 Å². The lowest BCUT2D eigenvalue weighted by molar-refractivity contribution is 0.0331. The van der Waals surface area contributed by atoms with Gasteiger partial charge in [-0.3, -0.25) is 0 Å². The van der Waals surface area contributed by atoms with E-state index in [0.717, 1.165) is 24.4 Å². The summed E-state index contributed by atoms with van der Waals surface area (Å²) in [6.07, 6.45) is 26.4. The van der Waals surface area contributed by atoms with Crippen LogP contribution >= 0.6 is 0 Å². The fourth-order valence-electron chi connectivity index (χ4n) is 4.87. The minimum absolute atomic E-state index is 0.539. The van der Waals surface area contributed by atoms with Crippen molar-refractivity contribution in [2.45, 2.75) is 116 Å². The van der Waals surface area contributed by atoms with Crippen LogP contribution in [0.1, 0.15) is 110 Å². The van der Waals surface area contributed by atoms with E-state index in [4.69, 9.17) is 4.74 Å². The molecule has 0 saturated heterocycles. The Labute approximate surface area is 158 Å². The standard InChI is InChI=1S/C24H44O/c1-3-5-7-10-22-16-18-24(19-17-22)25-20-8-11-23-14-12-21(13-15-23)9-6-4-2/h8,11,21-24H,3-7,9-10,12-20H2,1-2H3/b11-8+/t21-,22-,23-,24-. The highest BCUT2D eigenvalue weighted by Crippen LogP contribution is 2.33. The predicted molar refractivity (Wildman–Crippen MR) is 110 cm³/mol. The SMILES string of the molecule is CCCCC[C@H]1CC[C@H](OC/C=C/[C@H]2CC[C@H](CCCC)CC2)CC1. The first-order valence-electron chi connectivity index (χ1n) is 11.6. The van der Waals surface area contributed by atoms with Crippen molar-refractivity contribution >= 4 is 0 Å². The van der Waals surface area contributed by atoms with Crippen LogP contribution in [0.5, 0.6) is 0 Å². The minimum atomic E-state index is 0.539. The molecule has 2 rings (SSSR count). The summed E-state index contributed by atoms with van der Waals surface area (Å²) in [6, 6.07) is 0. The third kappa shape index (κ3) is 8.76. The monoisotopic (exact) mass is 348 g/mol. The van der Waals surface area contributed by atoms with E-state index in [1.165, 1.54) is 96.3 Å². The Kier molecular flexibility index (Phi) is 10.9. The highest BCUT2D eigenvalue weighted by Gasteiger charge is 2.21. The average molecular weight is 349 g/mol. The molecule has 1 heteroatoms. The number of ether oxygens (including phenoxy) is 1. The summed E-state index contributed by atoms with van der Waals surface area (Å²) in [6.45, 7) is 5.46. The molecular weight excluding hydrogens is 304 g/mol. The molecule has 146 valence electrons. The van der Waals surface area contributed by atoms with Crippen molar-refractivity contribution in [2.75, 3.05) is 6.61 Å². The van der Waals surface area contributed by atoms with E-state index < -0.39 is 0 Å². The summed E-state index contributed by atoms with van der Waals surface area (Å²) in [4.78, 5) is 0. The molecule has 25 heavy (non-hydrogen) atoms. The van der Waals surface area contributed by atoms with Crippen LogP contribution < -0.4 is 0 Å². The van der Waals surface area contributed by atoms with Crippen molar-refractivity contribution in [3.05, 3.63) is 12.2 Å². The van der Waals surface area contributed by atoms with Gasteiger partial charge in [0.15, 0.2) is 0 Å².